The van der Waals surface area contributed by atoms with Crippen LogP contribution in [0, 0.1) is 0 Å². The van der Waals surface area contributed by atoms with Crippen molar-refractivity contribution in [1.29, 1.82) is 0 Å². The second kappa shape index (κ2) is 6.92. The standard InChI is InChI=1S/C12H12N6O4/c1-13-11(20)10(18-21-2)7-4-14-5-17-12(7)22-9-3-8(19)15-6-16-9/h3-6H,1-2H3,(H,13,20)(H,15,16,19)/b18-10+. The van der Waals surface area contributed by atoms with Crippen molar-refractivity contribution < 1.29 is 14.4 Å². The molecular weight excluding hydrogens is 292 g/mol. The van der Waals surface area contributed by atoms with Crippen LogP contribution < -0.4 is 15.6 Å². The first-order valence-corrected chi connectivity index (χ1v) is 6.02. The Labute approximate surface area is 124 Å². The zero-order valence-electron chi connectivity index (χ0n) is 11.7. The number of amides is 1. The van der Waals surface area contributed by atoms with Crippen LogP contribution in [-0.4, -0.2) is 45.7 Å². The molecule has 0 spiro atoms. The fourth-order valence-electron chi connectivity index (χ4n) is 1.49. The van der Waals surface area contributed by atoms with Gasteiger partial charge in [-0.3, -0.25) is 9.59 Å². The highest BCUT2D eigenvalue weighted by Crippen LogP contribution is 2.20. The summed E-state index contributed by atoms with van der Waals surface area (Å²) < 4.78 is 5.41. The van der Waals surface area contributed by atoms with Crippen molar-refractivity contribution in [3.05, 3.63) is 40.8 Å². The van der Waals surface area contributed by atoms with E-state index in [-0.39, 0.29) is 23.0 Å². The third-order valence-corrected chi connectivity index (χ3v) is 2.41. The molecule has 114 valence electrons. The zero-order valence-corrected chi connectivity index (χ0v) is 11.7. The number of carbonyl (C=O) groups excluding carboxylic acids is 1. The first-order valence-electron chi connectivity index (χ1n) is 6.02. The maximum atomic E-state index is 11.9. The Morgan fingerprint density at radius 3 is 2.91 bits per heavy atom. The number of nitrogens with zero attached hydrogens (tertiary/aromatic N) is 4. The minimum absolute atomic E-state index is 0.00694. The molecule has 0 fully saturated rings. The van der Waals surface area contributed by atoms with Gasteiger partial charge >= 0.3 is 0 Å². The third-order valence-electron chi connectivity index (χ3n) is 2.41. The summed E-state index contributed by atoms with van der Waals surface area (Å²) in [4.78, 5) is 41.7. The van der Waals surface area contributed by atoms with Crippen molar-refractivity contribution in [2.45, 2.75) is 0 Å². The topological polar surface area (TPSA) is 131 Å². The number of aromatic amines is 1. The summed E-state index contributed by atoms with van der Waals surface area (Å²) >= 11 is 0. The summed E-state index contributed by atoms with van der Waals surface area (Å²) in [6, 6.07) is 1.14. The molecule has 0 aliphatic heterocycles. The van der Waals surface area contributed by atoms with Gasteiger partial charge in [-0.1, -0.05) is 5.16 Å². The second-order valence-electron chi connectivity index (χ2n) is 3.79. The Morgan fingerprint density at radius 2 is 2.23 bits per heavy atom. The fraction of sp³-hybridized carbons (Fsp3) is 0.167. The maximum absolute atomic E-state index is 11.9. The van der Waals surface area contributed by atoms with Crippen LogP contribution in [-0.2, 0) is 9.63 Å². The van der Waals surface area contributed by atoms with Gasteiger partial charge in [-0.05, 0) is 0 Å². The van der Waals surface area contributed by atoms with E-state index >= 15 is 0 Å². The monoisotopic (exact) mass is 304 g/mol. The van der Waals surface area contributed by atoms with Crippen LogP contribution in [0.4, 0.5) is 0 Å². The molecule has 10 heteroatoms. The molecule has 0 unspecified atom stereocenters. The number of H-pyrrole nitrogens is 1. The molecule has 0 saturated heterocycles. The van der Waals surface area contributed by atoms with E-state index in [1.54, 1.807) is 0 Å². The summed E-state index contributed by atoms with van der Waals surface area (Å²) in [5.74, 6) is -0.495. The van der Waals surface area contributed by atoms with Gasteiger partial charge in [0, 0.05) is 13.2 Å². The molecule has 2 N–H and O–H groups in total. The highest BCUT2D eigenvalue weighted by Gasteiger charge is 2.20. The van der Waals surface area contributed by atoms with Gasteiger partial charge in [0.1, 0.15) is 13.4 Å². The lowest BCUT2D eigenvalue weighted by Gasteiger charge is -2.09. The smallest absolute Gasteiger partial charge is 0.273 e. The number of hydrogen-bond acceptors (Lipinski definition) is 8. The SMILES string of the molecule is CNC(=O)/C(=N/OC)c1cncnc1Oc1cc(=O)[nH]cn1. The summed E-state index contributed by atoms with van der Waals surface area (Å²) in [5.41, 5.74) is -0.283. The van der Waals surface area contributed by atoms with Gasteiger partial charge in [-0.25, -0.2) is 15.0 Å². The average molecular weight is 304 g/mol. The number of carbonyl (C=O) groups is 1. The molecule has 0 radical (unpaired) electrons. The lowest BCUT2D eigenvalue weighted by atomic mass is 10.2. The van der Waals surface area contributed by atoms with Gasteiger partial charge in [0.15, 0.2) is 5.71 Å². The first-order chi connectivity index (χ1) is 10.7. The average Bonchev–Trinajstić information content (AvgIpc) is 2.53. The van der Waals surface area contributed by atoms with Crippen molar-refractivity contribution in [2.75, 3.05) is 14.2 Å². The van der Waals surface area contributed by atoms with Crippen LogP contribution in [0.2, 0.25) is 0 Å². The van der Waals surface area contributed by atoms with Crippen molar-refractivity contribution >= 4 is 11.6 Å². The molecule has 2 aromatic heterocycles. The Kier molecular flexibility index (Phi) is 4.75. The van der Waals surface area contributed by atoms with E-state index in [9.17, 15) is 9.59 Å². The normalized spacial score (nSPS) is 10.9. The number of likely N-dealkylation sites (N-methyl/N-ethyl adjacent to an activating group) is 1. The highest BCUT2D eigenvalue weighted by molar-refractivity contribution is 6.45. The molecule has 0 bridgehead atoms. The van der Waals surface area contributed by atoms with E-state index in [1.807, 2.05) is 0 Å². The van der Waals surface area contributed by atoms with Crippen LogP contribution in [0.15, 0.2) is 34.9 Å². The second-order valence-corrected chi connectivity index (χ2v) is 3.79. The first kappa shape index (κ1) is 15.1. The van der Waals surface area contributed by atoms with Gasteiger partial charge in [0.25, 0.3) is 11.5 Å². The predicted octanol–water partition coefficient (Wildman–Crippen LogP) is -0.551. The predicted molar refractivity (Wildman–Crippen MR) is 74.6 cm³/mol. The minimum Gasteiger partial charge on any atom is -0.420 e. The van der Waals surface area contributed by atoms with Gasteiger partial charge in [0.05, 0.1) is 18.0 Å². The molecule has 0 saturated carbocycles. The summed E-state index contributed by atoms with van der Waals surface area (Å²) in [6.45, 7) is 0. The Morgan fingerprint density at radius 1 is 1.41 bits per heavy atom. The number of rotatable bonds is 5. The van der Waals surface area contributed by atoms with E-state index in [2.05, 4.69) is 35.2 Å². The molecule has 10 nitrogen and oxygen atoms in total. The van der Waals surface area contributed by atoms with Crippen LogP contribution >= 0.6 is 0 Å². The largest absolute Gasteiger partial charge is 0.420 e. The number of hydrogen-bond donors (Lipinski definition) is 2. The van der Waals surface area contributed by atoms with Crippen LogP contribution in [0.25, 0.3) is 0 Å². The summed E-state index contributed by atoms with van der Waals surface area (Å²) in [7, 11) is 2.74. The van der Waals surface area contributed by atoms with E-state index in [0.29, 0.717) is 0 Å². The Balaban J connectivity index is 2.43. The number of oxime groups is 1. The van der Waals surface area contributed by atoms with Gasteiger partial charge in [-0.2, -0.15) is 0 Å². The molecule has 0 atom stereocenters. The van der Waals surface area contributed by atoms with E-state index in [0.717, 1.165) is 6.07 Å². The minimum atomic E-state index is -0.514. The van der Waals surface area contributed by atoms with E-state index < -0.39 is 11.5 Å². The molecule has 1 amide bonds. The zero-order chi connectivity index (χ0) is 15.9. The molecule has 0 aromatic carbocycles. The van der Waals surface area contributed by atoms with E-state index in [1.165, 1.54) is 33.0 Å². The van der Waals surface area contributed by atoms with Crippen molar-refractivity contribution in [3.8, 4) is 11.8 Å². The van der Waals surface area contributed by atoms with Crippen LogP contribution in [0.3, 0.4) is 0 Å². The molecule has 22 heavy (non-hydrogen) atoms. The van der Waals surface area contributed by atoms with Crippen molar-refractivity contribution in [1.82, 2.24) is 25.3 Å². The van der Waals surface area contributed by atoms with Gasteiger partial charge < -0.3 is 19.9 Å². The molecule has 0 aliphatic rings. The van der Waals surface area contributed by atoms with Crippen molar-refractivity contribution in [2.24, 2.45) is 5.16 Å². The van der Waals surface area contributed by atoms with Crippen molar-refractivity contribution in [3.63, 3.8) is 0 Å². The Hall–Kier alpha value is -3.30. The van der Waals surface area contributed by atoms with E-state index in [4.69, 9.17) is 4.74 Å². The summed E-state index contributed by atoms with van der Waals surface area (Å²) in [6.07, 6.45) is 3.74. The third kappa shape index (κ3) is 3.42. The molecule has 0 aliphatic carbocycles. The molecular formula is C12H12N6O4. The molecule has 2 aromatic rings. The lowest BCUT2D eigenvalue weighted by Crippen LogP contribution is -2.29. The molecule has 2 heterocycles. The fourth-order valence-corrected chi connectivity index (χ4v) is 1.49. The maximum Gasteiger partial charge on any atom is 0.273 e. The Bertz CT molecular complexity index is 757. The van der Waals surface area contributed by atoms with Gasteiger partial charge in [-0.15, -0.1) is 0 Å². The summed E-state index contributed by atoms with van der Waals surface area (Å²) in [5, 5.41) is 6.06. The van der Waals surface area contributed by atoms with Gasteiger partial charge in [0.2, 0.25) is 11.8 Å². The van der Waals surface area contributed by atoms with Crippen LogP contribution in [0.5, 0.6) is 11.8 Å². The number of aromatic nitrogens is 4. The number of ether oxygens (including phenoxy) is 1. The lowest BCUT2D eigenvalue weighted by molar-refractivity contribution is -0.114. The molecule has 2 rings (SSSR count). The number of nitrogens with one attached hydrogen (secondary N) is 2. The quantitative estimate of drug-likeness (QED) is 0.559. The highest BCUT2D eigenvalue weighted by atomic mass is 16.6. The van der Waals surface area contributed by atoms with Crippen LogP contribution in [0.1, 0.15) is 5.56 Å².